The number of amides is 2. The van der Waals surface area contributed by atoms with Crippen LogP contribution in [0.4, 0.5) is 4.79 Å². The summed E-state index contributed by atoms with van der Waals surface area (Å²) in [7, 11) is 0. The Morgan fingerprint density at radius 1 is 1.23 bits per heavy atom. The number of halogens is 2. The fraction of sp³-hybridized carbons (Fsp3) is 0.0667. The van der Waals surface area contributed by atoms with Gasteiger partial charge in [0.15, 0.2) is 0 Å². The van der Waals surface area contributed by atoms with E-state index in [2.05, 4.69) is 10.5 Å². The molecule has 0 unspecified atom stereocenters. The second-order valence-electron chi connectivity index (χ2n) is 4.34. The molecule has 0 radical (unpaired) electrons. The maximum absolute atomic E-state index is 10.5. The molecule has 0 heterocycles. The third-order valence-corrected chi connectivity index (χ3v) is 3.20. The average Bonchev–Trinajstić information content (AvgIpc) is 2.48. The molecule has 2 amide bonds. The predicted octanol–water partition coefficient (Wildman–Crippen LogP) is 3.57. The van der Waals surface area contributed by atoms with Crippen molar-refractivity contribution in [3.8, 4) is 5.75 Å². The van der Waals surface area contributed by atoms with Crippen LogP contribution in [0.2, 0.25) is 10.0 Å². The molecule has 7 heteroatoms. The van der Waals surface area contributed by atoms with Crippen LogP contribution in [0.1, 0.15) is 11.1 Å². The predicted molar refractivity (Wildman–Crippen MR) is 87.5 cm³/mol. The SMILES string of the molecule is NC(=O)NN=Cc1ccc(OCc2ccc(Cl)cc2)c(Cl)c1. The lowest BCUT2D eigenvalue weighted by Crippen LogP contribution is -2.24. The summed E-state index contributed by atoms with van der Waals surface area (Å²) in [6.45, 7) is 0.382. The maximum atomic E-state index is 10.5. The summed E-state index contributed by atoms with van der Waals surface area (Å²) in [6, 6.07) is 11.8. The summed E-state index contributed by atoms with van der Waals surface area (Å²) >= 11 is 12.0. The number of carbonyl (C=O) groups is 1. The maximum Gasteiger partial charge on any atom is 0.332 e. The first-order valence-electron chi connectivity index (χ1n) is 6.30. The topological polar surface area (TPSA) is 76.7 Å². The van der Waals surface area contributed by atoms with E-state index in [9.17, 15) is 4.79 Å². The molecule has 5 nitrogen and oxygen atoms in total. The zero-order valence-corrected chi connectivity index (χ0v) is 12.9. The van der Waals surface area contributed by atoms with Gasteiger partial charge in [0.05, 0.1) is 11.2 Å². The Morgan fingerprint density at radius 3 is 2.59 bits per heavy atom. The number of nitrogens with one attached hydrogen (secondary N) is 1. The van der Waals surface area contributed by atoms with E-state index < -0.39 is 6.03 Å². The zero-order chi connectivity index (χ0) is 15.9. The van der Waals surface area contributed by atoms with Gasteiger partial charge in [-0.25, -0.2) is 10.2 Å². The number of hydrogen-bond donors (Lipinski definition) is 2. The highest BCUT2D eigenvalue weighted by Crippen LogP contribution is 2.26. The van der Waals surface area contributed by atoms with Crippen molar-refractivity contribution in [2.24, 2.45) is 10.8 Å². The molecule has 0 atom stereocenters. The highest BCUT2D eigenvalue weighted by atomic mass is 35.5. The molecule has 0 bridgehead atoms. The Morgan fingerprint density at radius 2 is 1.95 bits per heavy atom. The molecular formula is C15H13Cl2N3O2. The normalized spacial score (nSPS) is 10.6. The highest BCUT2D eigenvalue weighted by Gasteiger charge is 2.03. The van der Waals surface area contributed by atoms with Crippen molar-refractivity contribution in [2.45, 2.75) is 6.61 Å². The van der Waals surface area contributed by atoms with Crippen LogP contribution in [0.3, 0.4) is 0 Å². The van der Waals surface area contributed by atoms with Crippen molar-refractivity contribution < 1.29 is 9.53 Å². The number of hydrazone groups is 1. The number of benzene rings is 2. The standard InChI is InChI=1S/C15H13Cl2N3O2/c16-12-4-1-10(2-5-12)9-22-14-6-3-11(7-13(14)17)8-19-20-15(18)21/h1-8H,9H2,(H3,18,20,21). The molecular weight excluding hydrogens is 325 g/mol. The molecule has 0 aliphatic carbocycles. The van der Waals surface area contributed by atoms with Gasteiger partial charge < -0.3 is 10.5 Å². The number of ether oxygens (including phenoxy) is 1. The van der Waals surface area contributed by atoms with Gasteiger partial charge in [-0.3, -0.25) is 0 Å². The van der Waals surface area contributed by atoms with Crippen LogP contribution in [-0.2, 0) is 6.61 Å². The van der Waals surface area contributed by atoms with E-state index in [1.165, 1.54) is 6.21 Å². The Balaban J connectivity index is 1.98. The average molecular weight is 338 g/mol. The first-order chi connectivity index (χ1) is 10.5. The summed E-state index contributed by atoms with van der Waals surface area (Å²) in [4.78, 5) is 10.5. The second kappa shape index (κ2) is 7.68. The molecule has 0 saturated heterocycles. The minimum absolute atomic E-state index is 0.382. The Kier molecular flexibility index (Phi) is 5.63. The van der Waals surface area contributed by atoms with E-state index in [0.29, 0.717) is 28.0 Å². The van der Waals surface area contributed by atoms with Gasteiger partial charge in [-0.15, -0.1) is 0 Å². The number of nitrogens with two attached hydrogens (primary N) is 1. The van der Waals surface area contributed by atoms with Crippen molar-refractivity contribution in [2.75, 3.05) is 0 Å². The van der Waals surface area contributed by atoms with Crippen molar-refractivity contribution in [3.05, 3.63) is 63.6 Å². The minimum Gasteiger partial charge on any atom is -0.487 e. The van der Waals surface area contributed by atoms with Crippen molar-refractivity contribution in [3.63, 3.8) is 0 Å². The van der Waals surface area contributed by atoms with Crippen LogP contribution in [0.15, 0.2) is 47.6 Å². The first kappa shape index (κ1) is 16.1. The van der Waals surface area contributed by atoms with Crippen molar-refractivity contribution in [1.82, 2.24) is 5.43 Å². The van der Waals surface area contributed by atoms with E-state index in [-0.39, 0.29) is 0 Å². The molecule has 0 aliphatic heterocycles. The van der Waals surface area contributed by atoms with E-state index in [1.54, 1.807) is 30.3 Å². The Hall–Kier alpha value is -2.24. The third kappa shape index (κ3) is 4.95. The smallest absolute Gasteiger partial charge is 0.332 e. The Bertz CT molecular complexity index is 688. The highest BCUT2D eigenvalue weighted by molar-refractivity contribution is 6.32. The number of hydrogen-bond acceptors (Lipinski definition) is 3. The molecule has 22 heavy (non-hydrogen) atoms. The first-order valence-corrected chi connectivity index (χ1v) is 7.05. The number of rotatable bonds is 5. The van der Waals surface area contributed by atoms with Gasteiger partial charge in [0.25, 0.3) is 0 Å². The fourth-order valence-electron chi connectivity index (χ4n) is 1.63. The summed E-state index contributed by atoms with van der Waals surface area (Å²) in [5, 5.41) is 4.77. The largest absolute Gasteiger partial charge is 0.487 e. The van der Waals surface area contributed by atoms with Crippen molar-refractivity contribution >= 4 is 35.4 Å². The summed E-state index contributed by atoms with van der Waals surface area (Å²) in [5.41, 5.74) is 8.69. The number of nitrogens with zero attached hydrogens (tertiary/aromatic N) is 1. The van der Waals surface area contributed by atoms with Gasteiger partial charge in [0.2, 0.25) is 0 Å². The van der Waals surface area contributed by atoms with Crippen molar-refractivity contribution in [1.29, 1.82) is 0 Å². The van der Waals surface area contributed by atoms with Crippen LogP contribution < -0.4 is 15.9 Å². The third-order valence-electron chi connectivity index (χ3n) is 2.65. The summed E-state index contributed by atoms with van der Waals surface area (Å²) < 4.78 is 5.65. The molecule has 0 fully saturated rings. The molecule has 3 N–H and O–H groups in total. The van der Waals surface area contributed by atoms with E-state index in [0.717, 1.165) is 5.56 Å². The van der Waals surface area contributed by atoms with E-state index >= 15 is 0 Å². The second-order valence-corrected chi connectivity index (χ2v) is 5.18. The fourth-order valence-corrected chi connectivity index (χ4v) is 2.00. The molecule has 0 aromatic heterocycles. The van der Waals surface area contributed by atoms with Crippen LogP contribution in [0.5, 0.6) is 5.75 Å². The summed E-state index contributed by atoms with van der Waals surface area (Å²) in [6.07, 6.45) is 1.43. The van der Waals surface area contributed by atoms with Crippen LogP contribution in [-0.4, -0.2) is 12.2 Å². The van der Waals surface area contributed by atoms with E-state index in [4.69, 9.17) is 33.7 Å². The van der Waals surface area contributed by atoms with Crippen LogP contribution >= 0.6 is 23.2 Å². The van der Waals surface area contributed by atoms with Gasteiger partial charge in [-0.1, -0.05) is 35.3 Å². The van der Waals surface area contributed by atoms with Crippen LogP contribution in [0, 0.1) is 0 Å². The lowest BCUT2D eigenvalue weighted by molar-refractivity contribution is 0.249. The van der Waals surface area contributed by atoms with Gasteiger partial charge in [0, 0.05) is 5.02 Å². The Labute approximate surface area is 137 Å². The number of urea groups is 1. The van der Waals surface area contributed by atoms with Gasteiger partial charge in [-0.05, 0) is 41.5 Å². The van der Waals surface area contributed by atoms with E-state index in [1.807, 2.05) is 12.1 Å². The lowest BCUT2D eigenvalue weighted by Gasteiger charge is -2.08. The number of carbonyl (C=O) groups excluding carboxylic acids is 1. The van der Waals surface area contributed by atoms with Gasteiger partial charge in [-0.2, -0.15) is 5.10 Å². The molecule has 0 aliphatic rings. The van der Waals surface area contributed by atoms with Gasteiger partial charge >= 0.3 is 6.03 Å². The molecule has 2 rings (SSSR count). The molecule has 0 spiro atoms. The molecule has 114 valence electrons. The van der Waals surface area contributed by atoms with Gasteiger partial charge in [0.1, 0.15) is 12.4 Å². The zero-order valence-electron chi connectivity index (χ0n) is 11.4. The quantitative estimate of drug-likeness (QED) is 0.646. The molecule has 2 aromatic carbocycles. The monoisotopic (exact) mass is 337 g/mol. The number of primary amides is 1. The summed E-state index contributed by atoms with van der Waals surface area (Å²) in [5.74, 6) is 0.552. The minimum atomic E-state index is -0.731. The molecule has 0 saturated carbocycles. The van der Waals surface area contributed by atoms with Crippen LogP contribution in [0.25, 0.3) is 0 Å². The lowest BCUT2D eigenvalue weighted by atomic mass is 10.2. The molecule has 2 aromatic rings.